The molecular formula is C28H29FN6O4. The van der Waals surface area contributed by atoms with Gasteiger partial charge in [-0.15, -0.1) is 10.2 Å². The molecule has 5 rings (SSSR count). The summed E-state index contributed by atoms with van der Waals surface area (Å²) in [5.74, 6) is 0.149. The van der Waals surface area contributed by atoms with Crippen LogP contribution in [0.15, 0.2) is 65.6 Å². The number of hydrogen-bond donors (Lipinski definition) is 2. The first kappa shape index (κ1) is 26.1. The maximum Gasteiger partial charge on any atom is 0.264 e. The standard InChI is InChI=1S/C28H29FN6O4/c1-4-26(36)35-23-9-8-19(31-22-10-11-34(2)16-21(22)29)12-18(23)14-24(35)28-33-32-25(39-28)15-30-27(37)17-6-5-7-20(13-17)38-3/h4-9,12-14,21-22,31H,1,10-11,15-16H2,2-3H3,(H,30,37). The summed E-state index contributed by atoms with van der Waals surface area (Å²) in [5, 5.41) is 14.9. The van der Waals surface area contributed by atoms with Gasteiger partial charge >= 0.3 is 0 Å². The van der Waals surface area contributed by atoms with Crippen LogP contribution in [0, 0.1) is 0 Å². The number of methoxy groups -OCH3 is 1. The number of alkyl halides is 1. The first-order valence-electron chi connectivity index (χ1n) is 12.5. The number of nitrogens with one attached hydrogen (secondary N) is 2. The Kier molecular flexibility index (Phi) is 7.42. The molecule has 0 spiro atoms. The van der Waals surface area contributed by atoms with E-state index in [1.807, 2.05) is 24.1 Å². The predicted molar refractivity (Wildman–Crippen MR) is 145 cm³/mol. The Balaban J connectivity index is 1.37. The van der Waals surface area contributed by atoms with E-state index in [0.717, 1.165) is 17.6 Å². The van der Waals surface area contributed by atoms with Crippen molar-refractivity contribution in [2.24, 2.45) is 0 Å². The van der Waals surface area contributed by atoms with Crippen LogP contribution < -0.4 is 15.4 Å². The Morgan fingerprint density at radius 3 is 2.85 bits per heavy atom. The lowest BCUT2D eigenvalue weighted by atomic mass is 10.0. The number of allylic oxidation sites excluding steroid dienone is 1. The molecule has 2 unspecified atom stereocenters. The van der Waals surface area contributed by atoms with Gasteiger partial charge in [-0.2, -0.15) is 0 Å². The van der Waals surface area contributed by atoms with Gasteiger partial charge in [0.05, 0.1) is 25.2 Å². The zero-order chi connectivity index (χ0) is 27.5. The number of carbonyl (C=O) groups excluding carboxylic acids is 2. The second kappa shape index (κ2) is 11.1. The fraction of sp³-hybridized carbons (Fsp3) is 0.286. The van der Waals surface area contributed by atoms with Crippen molar-refractivity contribution in [1.82, 2.24) is 25.0 Å². The highest BCUT2D eigenvalue weighted by Crippen LogP contribution is 2.30. The minimum atomic E-state index is -0.983. The van der Waals surface area contributed by atoms with Crippen LogP contribution >= 0.6 is 0 Å². The number of hydrogen-bond acceptors (Lipinski definition) is 8. The summed E-state index contributed by atoms with van der Waals surface area (Å²) < 4.78 is 27.0. The van der Waals surface area contributed by atoms with Crippen molar-refractivity contribution < 1.29 is 23.1 Å². The van der Waals surface area contributed by atoms with Gasteiger partial charge in [0, 0.05) is 29.7 Å². The minimum Gasteiger partial charge on any atom is -0.497 e. The molecule has 3 heterocycles. The minimum absolute atomic E-state index is 0.00623. The fourth-order valence-electron chi connectivity index (χ4n) is 4.68. The fourth-order valence-corrected chi connectivity index (χ4v) is 4.68. The van der Waals surface area contributed by atoms with Gasteiger partial charge in [0.15, 0.2) is 0 Å². The molecule has 11 heteroatoms. The molecule has 1 fully saturated rings. The zero-order valence-electron chi connectivity index (χ0n) is 21.7. The van der Waals surface area contributed by atoms with Gasteiger partial charge in [-0.3, -0.25) is 14.2 Å². The van der Waals surface area contributed by atoms with Crippen molar-refractivity contribution in [3.8, 4) is 17.3 Å². The largest absolute Gasteiger partial charge is 0.497 e. The van der Waals surface area contributed by atoms with Crippen LogP contribution in [0.2, 0.25) is 0 Å². The van der Waals surface area contributed by atoms with Crippen molar-refractivity contribution in [3.63, 3.8) is 0 Å². The highest BCUT2D eigenvalue weighted by Gasteiger charge is 2.27. The van der Waals surface area contributed by atoms with E-state index < -0.39 is 6.17 Å². The van der Waals surface area contributed by atoms with Crippen molar-refractivity contribution in [2.45, 2.75) is 25.2 Å². The first-order chi connectivity index (χ1) is 18.9. The normalized spacial score (nSPS) is 17.6. The van der Waals surface area contributed by atoms with Crippen LogP contribution in [0.4, 0.5) is 10.1 Å². The maximum absolute atomic E-state index is 14.6. The highest BCUT2D eigenvalue weighted by molar-refractivity contribution is 6.02. The van der Waals surface area contributed by atoms with Gasteiger partial charge in [0.25, 0.3) is 17.7 Å². The summed E-state index contributed by atoms with van der Waals surface area (Å²) >= 11 is 0. The Bertz CT molecular complexity index is 1530. The second-order valence-electron chi connectivity index (χ2n) is 9.41. The second-order valence-corrected chi connectivity index (χ2v) is 9.41. The Labute approximate surface area is 224 Å². The van der Waals surface area contributed by atoms with E-state index in [4.69, 9.17) is 9.15 Å². The lowest BCUT2D eigenvalue weighted by Gasteiger charge is -2.33. The number of piperidine rings is 1. The van der Waals surface area contributed by atoms with Crippen LogP contribution in [0.3, 0.4) is 0 Å². The number of nitrogens with zero attached hydrogens (tertiary/aromatic N) is 4. The molecule has 0 saturated carbocycles. The molecule has 1 aliphatic rings. The number of amides is 1. The highest BCUT2D eigenvalue weighted by atomic mass is 19.1. The van der Waals surface area contributed by atoms with Gasteiger partial charge in [0.2, 0.25) is 5.89 Å². The quantitative estimate of drug-likeness (QED) is 0.329. The molecule has 0 bridgehead atoms. The first-order valence-corrected chi connectivity index (χ1v) is 12.5. The van der Waals surface area contributed by atoms with Gasteiger partial charge < -0.3 is 24.7 Å². The number of rotatable bonds is 8. The third-order valence-corrected chi connectivity index (χ3v) is 6.71. The number of benzene rings is 2. The van der Waals surface area contributed by atoms with Gasteiger partial charge in [-0.05, 0) is 62.0 Å². The van der Waals surface area contributed by atoms with E-state index in [9.17, 15) is 14.0 Å². The molecule has 2 aromatic carbocycles. The van der Waals surface area contributed by atoms with Gasteiger partial charge in [-0.25, -0.2) is 4.39 Å². The topological polar surface area (TPSA) is 115 Å². The number of halogens is 1. The molecule has 0 aliphatic carbocycles. The summed E-state index contributed by atoms with van der Waals surface area (Å²) in [6.45, 7) is 4.80. The molecule has 2 atom stereocenters. The molecule has 1 saturated heterocycles. The molecule has 2 aromatic heterocycles. The Morgan fingerprint density at radius 1 is 1.23 bits per heavy atom. The molecule has 10 nitrogen and oxygen atoms in total. The van der Waals surface area contributed by atoms with E-state index in [1.165, 1.54) is 17.8 Å². The van der Waals surface area contributed by atoms with E-state index in [2.05, 4.69) is 27.4 Å². The lowest BCUT2D eigenvalue weighted by molar-refractivity contribution is 0.0945. The summed E-state index contributed by atoms with van der Waals surface area (Å²) in [6, 6.07) is 13.7. The Morgan fingerprint density at radius 2 is 2.08 bits per heavy atom. The molecule has 39 heavy (non-hydrogen) atoms. The number of aromatic nitrogens is 3. The number of likely N-dealkylation sites (tertiary alicyclic amines) is 1. The third kappa shape index (κ3) is 5.53. The van der Waals surface area contributed by atoms with E-state index in [0.29, 0.717) is 35.5 Å². The van der Waals surface area contributed by atoms with Crippen LogP contribution in [-0.2, 0) is 6.54 Å². The van der Waals surface area contributed by atoms with E-state index in [-0.39, 0.29) is 36.2 Å². The molecule has 202 valence electrons. The van der Waals surface area contributed by atoms with Crippen LogP contribution in [-0.4, -0.2) is 70.9 Å². The summed E-state index contributed by atoms with van der Waals surface area (Å²) in [4.78, 5) is 27.3. The average molecular weight is 533 g/mol. The van der Waals surface area contributed by atoms with E-state index in [1.54, 1.807) is 36.4 Å². The molecule has 1 aliphatic heterocycles. The summed E-state index contributed by atoms with van der Waals surface area (Å²) in [6.07, 6.45) is 0.909. The predicted octanol–water partition coefficient (Wildman–Crippen LogP) is 3.91. The maximum atomic E-state index is 14.6. The van der Waals surface area contributed by atoms with Crippen molar-refractivity contribution >= 4 is 28.4 Å². The SMILES string of the molecule is C=CC(=O)n1c(-c2nnc(CNC(=O)c3cccc(OC)c3)o2)cc2cc(NC3CCN(C)CC3F)ccc21. The van der Waals surface area contributed by atoms with Crippen LogP contribution in [0.1, 0.15) is 27.5 Å². The summed E-state index contributed by atoms with van der Waals surface area (Å²) in [5.41, 5.74) is 2.18. The monoisotopic (exact) mass is 532 g/mol. The number of fused-ring (bicyclic) bond motifs is 1. The molecule has 4 aromatic rings. The molecule has 2 N–H and O–H groups in total. The van der Waals surface area contributed by atoms with Crippen LogP contribution in [0.25, 0.3) is 22.5 Å². The van der Waals surface area contributed by atoms with Gasteiger partial charge in [0.1, 0.15) is 17.6 Å². The Hall–Kier alpha value is -4.51. The summed E-state index contributed by atoms with van der Waals surface area (Å²) in [7, 11) is 3.44. The van der Waals surface area contributed by atoms with Crippen LogP contribution in [0.5, 0.6) is 5.75 Å². The van der Waals surface area contributed by atoms with E-state index >= 15 is 0 Å². The molecular weight excluding hydrogens is 503 g/mol. The number of carbonyl (C=O) groups is 2. The number of anilines is 1. The van der Waals surface area contributed by atoms with Crippen molar-refractivity contribution in [2.75, 3.05) is 32.6 Å². The smallest absolute Gasteiger partial charge is 0.264 e. The lowest BCUT2D eigenvalue weighted by Crippen LogP contribution is -2.46. The average Bonchev–Trinajstić information content (AvgIpc) is 3.57. The third-order valence-electron chi connectivity index (χ3n) is 6.71. The zero-order valence-corrected chi connectivity index (χ0v) is 21.7. The van der Waals surface area contributed by atoms with Crippen molar-refractivity contribution in [3.05, 3.63) is 72.6 Å². The molecule has 0 radical (unpaired) electrons. The van der Waals surface area contributed by atoms with Gasteiger partial charge in [-0.1, -0.05) is 12.6 Å². The molecule has 1 amide bonds. The number of ether oxygens (including phenoxy) is 1. The van der Waals surface area contributed by atoms with Crippen molar-refractivity contribution in [1.29, 1.82) is 0 Å².